The zero-order valence-electron chi connectivity index (χ0n) is 7.90. The Hall–Kier alpha value is -0.950. The van der Waals surface area contributed by atoms with E-state index in [1.807, 2.05) is 6.92 Å². The van der Waals surface area contributed by atoms with Crippen LogP contribution in [0.3, 0.4) is 0 Å². The fourth-order valence-corrected chi connectivity index (χ4v) is 1.44. The molecule has 0 heterocycles. The number of benzene rings is 1. The molecule has 5 nitrogen and oxygen atoms in total. The second kappa shape index (κ2) is 5.06. The summed E-state index contributed by atoms with van der Waals surface area (Å²) in [6.45, 7) is 3.67. The molecule has 0 aromatic heterocycles. The Labute approximate surface area is 82.8 Å². The Morgan fingerprint density at radius 1 is 1.07 bits per heavy atom. The van der Waals surface area contributed by atoms with Gasteiger partial charge in [-0.25, -0.2) is 0 Å². The van der Waals surface area contributed by atoms with Crippen molar-refractivity contribution in [2.75, 3.05) is 0 Å². The second-order valence-electron chi connectivity index (χ2n) is 2.72. The van der Waals surface area contributed by atoms with Crippen LogP contribution in [0.4, 0.5) is 0 Å². The highest BCUT2D eigenvalue weighted by Crippen LogP contribution is 2.13. The van der Waals surface area contributed by atoms with Crippen LogP contribution < -0.4 is 0 Å². The smallest absolute Gasteiger partial charge is 0.294 e. The van der Waals surface area contributed by atoms with Crippen LogP contribution in [0.25, 0.3) is 0 Å². The fourth-order valence-electron chi connectivity index (χ4n) is 0.874. The molecule has 82 valence electrons. The first kappa shape index (κ1) is 15.5. The van der Waals surface area contributed by atoms with E-state index < -0.39 is 10.1 Å². The zero-order chi connectivity index (χ0) is 9.35. The summed E-state index contributed by atoms with van der Waals surface area (Å²) >= 11 is 0. The van der Waals surface area contributed by atoms with Gasteiger partial charge in [0.2, 0.25) is 0 Å². The van der Waals surface area contributed by atoms with E-state index in [0.717, 1.165) is 11.1 Å². The van der Waals surface area contributed by atoms with Crippen LogP contribution in [-0.4, -0.2) is 23.9 Å². The summed E-state index contributed by atoms with van der Waals surface area (Å²) in [5.41, 5.74) is 1.85. The first-order valence-corrected chi connectivity index (χ1v) is 4.90. The molecule has 0 aliphatic heterocycles. The predicted octanol–water partition coefficient (Wildman–Crippen LogP) is -0.0993. The molecule has 0 saturated heterocycles. The SMILES string of the molecule is Cc1ccc(S(=O)(=O)O)cc1C.O.O. The third-order valence-corrected chi connectivity index (χ3v) is 2.63. The van der Waals surface area contributed by atoms with Gasteiger partial charge in [0, 0.05) is 0 Å². The Balaban J connectivity index is 0. The molecule has 0 unspecified atom stereocenters. The van der Waals surface area contributed by atoms with Gasteiger partial charge in [0.05, 0.1) is 4.90 Å². The maximum atomic E-state index is 10.7. The summed E-state index contributed by atoms with van der Waals surface area (Å²) in [4.78, 5) is -0.0504. The quantitative estimate of drug-likeness (QED) is 0.668. The van der Waals surface area contributed by atoms with Crippen LogP contribution in [0, 0.1) is 13.8 Å². The molecule has 6 heteroatoms. The maximum absolute atomic E-state index is 10.7. The minimum absolute atomic E-state index is 0. The molecule has 0 bridgehead atoms. The van der Waals surface area contributed by atoms with Gasteiger partial charge in [-0.1, -0.05) is 6.07 Å². The van der Waals surface area contributed by atoms with Gasteiger partial charge >= 0.3 is 0 Å². The van der Waals surface area contributed by atoms with Gasteiger partial charge in [0.1, 0.15) is 0 Å². The Morgan fingerprint density at radius 2 is 1.57 bits per heavy atom. The summed E-state index contributed by atoms with van der Waals surface area (Å²) in [6, 6.07) is 4.50. The van der Waals surface area contributed by atoms with Crippen molar-refractivity contribution in [3.63, 3.8) is 0 Å². The summed E-state index contributed by atoms with van der Waals surface area (Å²) in [7, 11) is -4.04. The van der Waals surface area contributed by atoms with Gasteiger partial charge in [-0.3, -0.25) is 4.55 Å². The molecule has 0 fully saturated rings. The van der Waals surface area contributed by atoms with Crippen molar-refractivity contribution in [3.05, 3.63) is 29.3 Å². The summed E-state index contributed by atoms with van der Waals surface area (Å²) in [6.07, 6.45) is 0. The number of aryl methyl sites for hydroxylation is 2. The molecule has 0 radical (unpaired) electrons. The normalized spacial score (nSPS) is 9.93. The van der Waals surface area contributed by atoms with Crippen LogP contribution in [0.5, 0.6) is 0 Å². The first-order valence-electron chi connectivity index (χ1n) is 3.46. The number of hydrogen-bond donors (Lipinski definition) is 1. The van der Waals surface area contributed by atoms with Crippen molar-refractivity contribution in [1.82, 2.24) is 0 Å². The molecule has 0 amide bonds. The highest BCUT2D eigenvalue weighted by molar-refractivity contribution is 7.85. The molecule has 0 aliphatic carbocycles. The Morgan fingerprint density at radius 3 is 1.93 bits per heavy atom. The Kier molecular flexibility index (Phi) is 5.61. The average Bonchev–Trinajstić information content (AvgIpc) is 1.92. The largest absolute Gasteiger partial charge is 0.412 e. The molecular formula is C8H14O5S. The molecule has 1 aromatic carbocycles. The van der Waals surface area contributed by atoms with Gasteiger partial charge in [-0.15, -0.1) is 0 Å². The highest BCUT2D eigenvalue weighted by Gasteiger charge is 2.08. The minimum atomic E-state index is -4.04. The van der Waals surface area contributed by atoms with E-state index in [0.29, 0.717) is 0 Å². The third kappa shape index (κ3) is 3.43. The van der Waals surface area contributed by atoms with Crippen molar-refractivity contribution in [3.8, 4) is 0 Å². The number of rotatable bonds is 1. The van der Waals surface area contributed by atoms with Crippen molar-refractivity contribution in [2.45, 2.75) is 18.7 Å². The molecule has 1 aromatic rings. The molecule has 0 saturated carbocycles. The lowest BCUT2D eigenvalue weighted by atomic mass is 10.1. The molecular weight excluding hydrogens is 208 g/mol. The zero-order valence-corrected chi connectivity index (χ0v) is 8.72. The summed E-state index contributed by atoms with van der Waals surface area (Å²) in [5.74, 6) is 0. The van der Waals surface area contributed by atoms with Crippen LogP contribution in [-0.2, 0) is 10.1 Å². The van der Waals surface area contributed by atoms with Crippen LogP contribution >= 0.6 is 0 Å². The second-order valence-corrected chi connectivity index (χ2v) is 4.14. The van der Waals surface area contributed by atoms with Crippen molar-refractivity contribution < 1.29 is 23.9 Å². The molecule has 0 aliphatic rings. The van der Waals surface area contributed by atoms with Gasteiger partial charge in [0.25, 0.3) is 10.1 Å². The van der Waals surface area contributed by atoms with E-state index in [9.17, 15) is 8.42 Å². The number of hydrogen-bond acceptors (Lipinski definition) is 2. The highest BCUT2D eigenvalue weighted by atomic mass is 32.2. The molecule has 5 N–H and O–H groups in total. The molecule has 0 spiro atoms. The maximum Gasteiger partial charge on any atom is 0.294 e. The van der Waals surface area contributed by atoms with E-state index in [-0.39, 0.29) is 15.8 Å². The monoisotopic (exact) mass is 222 g/mol. The lowest BCUT2D eigenvalue weighted by Crippen LogP contribution is -1.98. The van der Waals surface area contributed by atoms with E-state index in [4.69, 9.17) is 4.55 Å². The van der Waals surface area contributed by atoms with E-state index in [1.54, 1.807) is 13.0 Å². The average molecular weight is 222 g/mol. The third-order valence-electron chi connectivity index (χ3n) is 1.78. The fraction of sp³-hybridized carbons (Fsp3) is 0.250. The van der Waals surface area contributed by atoms with Crippen molar-refractivity contribution in [1.29, 1.82) is 0 Å². The lowest BCUT2D eigenvalue weighted by Gasteiger charge is -2.01. The van der Waals surface area contributed by atoms with Crippen LogP contribution in [0.15, 0.2) is 23.1 Å². The Bertz CT molecular complexity index is 396. The van der Waals surface area contributed by atoms with Crippen molar-refractivity contribution >= 4 is 10.1 Å². The van der Waals surface area contributed by atoms with Gasteiger partial charge in [-0.05, 0) is 37.1 Å². The van der Waals surface area contributed by atoms with E-state index in [2.05, 4.69) is 0 Å². The summed E-state index contributed by atoms with van der Waals surface area (Å²) < 4.78 is 30.0. The van der Waals surface area contributed by atoms with E-state index >= 15 is 0 Å². The van der Waals surface area contributed by atoms with Crippen LogP contribution in [0.2, 0.25) is 0 Å². The standard InChI is InChI=1S/C8H10O3S.2H2O/c1-6-3-4-8(5-7(6)2)12(9,10)11;;/h3-5H,1-2H3,(H,9,10,11);2*1H2. The van der Waals surface area contributed by atoms with Gasteiger partial charge < -0.3 is 11.0 Å². The predicted molar refractivity (Wildman–Crippen MR) is 53.0 cm³/mol. The van der Waals surface area contributed by atoms with Crippen LogP contribution in [0.1, 0.15) is 11.1 Å². The molecule has 0 atom stereocenters. The first-order chi connectivity index (χ1) is 5.41. The summed E-state index contributed by atoms with van der Waals surface area (Å²) in [5, 5.41) is 0. The lowest BCUT2D eigenvalue weighted by molar-refractivity contribution is 0.483. The topological polar surface area (TPSA) is 117 Å². The van der Waals surface area contributed by atoms with E-state index in [1.165, 1.54) is 12.1 Å². The minimum Gasteiger partial charge on any atom is -0.412 e. The molecule has 14 heavy (non-hydrogen) atoms. The molecule has 1 rings (SSSR count). The van der Waals surface area contributed by atoms with Gasteiger partial charge in [0.15, 0.2) is 0 Å². The van der Waals surface area contributed by atoms with Gasteiger partial charge in [-0.2, -0.15) is 8.42 Å². The van der Waals surface area contributed by atoms with Crippen molar-refractivity contribution in [2.24, 2.45) is 0 Å².